The van der Waals surface area contributed by atoms with Gasteiger partial charge in [0.2, 0.25) is 0 Å². The highest BCUT2D eigenvalue weighted by molar-refractivity contribution is 4.94. The molecular weight excluding hydrogens is 187 g/mol. The maximum atomic E-state index is 13.1. The van der Waals surface area contributed by atoms with Gasteiger partial charge in [0.1, 0.15) is 18.3 Å². The molecule has 0 saturated carbocycles. The van der Waals surface area contributed by atoms with Crippen molar-refractivity contribution in [3.63, 3.8) is 0 Å². The van der Waals surface area contributed by atoms with Crippen molar-refractivity contribution in [2.45, 2.75) is 30.5 Å². The highest BCUT2D eigenvalue weighted by Gasteiger charge is 2.55. The molecule has 1 rings (SSSR count). The van der Waals surface area contributed by atoms with Crippen molar-refractivity contribution in [3.8, 4) is 0 Å². The maximum absolute atomic E-state index is 13.1. The smallest absolute Gasteiger partial charge is 0.264 e. The lowest BCUT2D eigenvalue weighted by atomic mass is 9.97. The van der Waals surface area contributed by atoms with Crippen LogP contribution in [-0.4, -0.2) is 62.6 Å². The quantitative estimate of drug-likeness (QED) is 0.308. The predicted molar refractivity (Wildman–Crippen MR) is 36.0 cm³/mol. The minimum Gasteiger partial charge on any atom is -0.393 e. The highest BCUT2D eigenvalue weighted by Crippen LogP contribution is 2.29. The van der Waals surface area contributed by atoms with E-state index >= 15 is 0 Å². The van der Waals surface area contributed by atoms with Gasteiger partial charge in [0.15, 0.2) is 6.29 Å². The minimum absolute atomic E-state index is 0.923. The summed E-state index contributed by atoms with van der Waals surface area (Å²) < 4.78 is 17.4. The molecule has 0 bridgehead atoms. The van der Waals surface area contributed by atoms with Crippen LogP contribution in [0.1, 0.15) is 0 Å². The van der Waals surface area contributed by atoms with Crippen LogP contribution >= 0.6 is 0 Å². The van der Waals surface area contributed by atoms with Gasteiger partial charge in [0.05, 0.1) is 6.61 Å². The first-order valence-electron chi connectivity index (χ1n) is 3.63. The van der Waals surface area contributed by atoms with Gasteiger partial charge >= 0.3 is 0 Å². The number of hydrogen-bond acceptors (Lipinski definition) is 6. The Morgan fingerprint density at radius 3 is 2.31 bits per heavy atom. The van der Waals surface area contributed by atoms with E-state index in [1.807, 2.05) is 0 Å². The molecule has 6 nitrogen and oxygen atoms in total. The molecule has 0 amide bonds. The van der Waals surface area contributed by atoms with E-state index in [9.17, 15) is 4.39 Å². The van der Waals surface area contributed by atoms with Crippen molar-refractivity contribution in [1.29, 1.82) is 0 Å². The lowest BCUT2D eigenvalue weighted by Crippen LogP contribution is -2.64. The van der Waals surface area contributed by atoms with E-state index in [4.69, 9.17) is 25.5 Å². The number of halogens is 1. The summed E-state index contributed by atoms with van der Waals surface area (Å²) in [6.45, 7) is -0.923. The summed E-state index contributed by atoms with van der Waals surface area (Å²) in [5.41, 5.74) is 0. The second kappa shape index (κ2) is 3.45. The predicted octanol–water partition coefficient (Wildman–Crippen LogP) is -2.92. The van der Waals surface area contributed by atoms with Gasteiger partial charge in [0, 0.05) is 0 Å². The zero-order valence-electron chi connectivity index (χ0n) is 6.54. The highest BCUT2D eigenvalue weighted by atomic mass is 19.2. The summed E-state index contributed by atoms with van der Waals surface area (Å²) in [7, 11) is 0. The molecule has 5 atom stereocenters. The third kappa shape index (κ3) is 1.66. The van der Waals surface area contributed by atoms with E-state index in [2.05, 4.69) is 4.74 Å². The van der Waals surface area contributed by atoms with Crippen LogP contribution in [0.3, 0.4) is 0 Å². The number of ether oxygens (including phenoxy) is 1. The third-order valence-electron chi connectivity index (χ3n) is 1.95. The topological polar surface area (TPSA) is 110 Å². The van der Waals surface area contributed by atoms with Crippen molar-refractivity contribution in [2.75, 3.05) is 6.61 Å². The van der Waals surface area contributed by atoms with Gasteiger partial charge in [-0.2, -0.15) is 0 Å². The summed E-state index contributed by atoms with van der Waals surface area (Å²) >= 11 is 0. The van der Waals surface area contributed by atoms with E-state index in [-0.39, 0.29) is 0 Å². The van der Waals surface area contributed by atoms with Crippen molar-refractivity contribution in [1.82, 2.24) is 0 Å². The molecule has 1 aliphatic rings. The van der Waals surface area contributed by atoms with E-state index in [0.29, 0.717) is 0 Å². The third-order valence-corrected chi connectivity index (χ3v) is 1.95. The molecule has 1 aliphatic heterocycles. The molecule has 13 heavy (non-hydrogen) atoms. The van der Waals surface area contributed by atoms with Crippen molar-refractivity contribution in [2.24, 2.45) is 0 Å². The second-order valence-corrected chi connectivity index (χ2v) is 2.86. The van der Waals surface area contributed by atoms with Gasteiger partial charge in [-0.1, -0.05) is 0 Å². The molecule has 0 spiro atoms. The fourth-order valence-corrected chi connectivity index (χ4v) is 1.10. The molecule has 0 aromatic heterocycles. The number of hydrogen-bond donors (Lipinski definition) is 5. The lowest BCUT2D eigenvalue weighted by Gasteiger charge is -2.41. The van der Waals surface area contributed by atoms with Gasteiger partial charge in [-0.25, -0.2) is 4.39 Å². The van der Waals surface area contributed by atoms with Crippen LogP contribution < -0.4 is 0 Å². The van der Waals surface area contributed by atoms with E-state index in [0.717, 1.165) is 0 Å². The normalized spacial score (nSPS) is 52.2. The monoisotopic (exact) mass is 198 g/mol. The Kier molecular flexibility index (Phi) is 2.85. The average Bonchev–Trinajstić information content (AvgIpc) is 2.08. The van der Waals surface area contributed by atoms with Crippen LogP contribution in [-0.2, 0) is 4.74 Å². The number of aliphatic hydroxyl groups is 5. The molecule has 78 valence electrons. The second-order valence-electron chi connectivity index (χ2n) is 2.86. The molecule has 5 N–H and O–H groups in total. The molecule has 1 saturated heterocycles. The van der Waals surface area contributed by atoms with Gasteiger partial charge < -0.3 is 30.3 Å². The van der Waals surface area contributed by atoms with Gasteiger partial charge in [-0.3, -0.25) is 0 Å². The van der Waals surface area contributed by atoms with Crippen molar-refractivity contribution in [3.05, 3.63) is 0 Å². The molecule has 1 heterocycles. The van der Waals surface area contributed by atoms with E-state index < -0.39 is 37.1 Å². The van der Waals surface area contributed by atoms with Crippen molar-refractivity contribution >= 4 is 0 Å². The Bertz CT molecular complexity index is 182. The number of alkyl halides is 1. The molecule has 0 unspecified atom stereocenters. The van der Waals surface area contributed by atoms with E-state index in [1.165, 1.54) is 0 Å². The zero-order valence-corrected chi connectivity index (χ0v) is 6.54. The minimum atomic E-state index is -3.27. The van der Waals surface area contributed by atoms with Gasteiger partial charge in [-0.15, -0.1) is 0 Å². The first-order chi connectivity index (χ1) is 5.91. The van der Waals surface area contributed by atoms with Gasteiger partial charge in [-0.05, 0) is 0 Å². The molecule has 0 aromatic carbocycles. The first-order valence-corrected chi connectivity index (χ1v) is 3.63. The number of rotatable bonds is 1. The molecule has 0 aliphatic carbocycles. The van der Waals surface area contributed by atoms with Crippen LogP contribution in [0.4, 0.5) is 4.39 Å². The zero-order chi connectivity index (χ0) is 10.2. The van der Waals surface area contributed by atoms with Gasteiger partial charge in [0.25, 0.3) is 5.85 Å². The largest absolute Gasteiger partial charge is 0.393 e. The fraction of sp³-hybridized carbons (Fsp3) is 1.00. The first kappa shape index (κ1) is 10.8. The summed E-state index contributed by atoms with van der Waals surface area (Å²) in [5, 5.41) is 44.1. The summed E-state index contributed by atoms with van der Waals surface area (Å²) in [6, 6.07) is 0. The standard InChI is InChI=1S/C6H11FO6/c7-6(12)2(1-8)13-5(11)3(9)4(6)10/h2-5,8-12H,1H2/t2-,3-,4-,5+,6+/m1/s1. The number of aliphatic hydroxyl groups excluding tert-OH is 4. The maximum Gasteiger partial charge on any atom is 0.264 e. The van der Waals surface area contributed by atoms with E-state index in [1.54, 1.807) is 0 Å². The summed E-state index contributed by atoms with van der Waals surface area (Å²) in [4.78, 5) is 0. The Labute approximate surface area is 72.8 Å². The Balaban J connectivity index is 2.82. The Morgan fingerprint density at radius 1 is 1.31 bits per heavy atom. The molecule has 1 fully saturated rings. The molecular formula is C6H11FO6. The Hall–Kier alpha value is -0.310. The Morgan fingerprint density at radius 2 is 1.85 bits per heavy atom. The van der Waals surface area contributed by atoms with Crippen LogP contribution in [0, 0.1) is 0 Å². The van der Waals surface area contributed by atoms with Crippen LogP contribution in [0.25, 0.3) is 0 Å². The molecule has 0 radical (unpaired) electrons. The van der Waals surface area contributed by atoms with Crippen LogP contribution in [0.15, 0.2) is 0 Å². The van der Waals surface area contributed by atoms with Crippen LogP contribution in [0.5, 0.6) is 0 Å². The average molecular weight is 198 g/mol. The summed E-state index contributed by atoms with van der Waals surface area (Å²) in [5.74, 6) is -3.27. The summed E-state index contributed by atoms with van der Waals surface area (Å²) in [6.07, 6.45) is -7.77. The lowest BCUT2D eigenvalue weighted by molar-refractivity contribution is -0.356. The van der Waals surface area contributed by atoms with Crippen LogP contribution in [0.2, 0.25) is 0 Å². The molecule has 0 aromatic rings. The fourth-order valence-electron chi connectivity index (χ4n) is 1.10. The molecule has 7 heteroatoms. The van der Waals surface area contributed by atoms with Crippen molar-refractivity contribution < 1.29 is 34.7 Å². The SMILES string of the molecule is OC[C@H]1O[C@H](O)[C@H](O)[C@@H](O)[C@]1(O)F.